The average molecular weight is 335 g/mol. The second-order valence-electron chi connectivity index (χ2n) is 5.88. The highest BCUT2D eigenvalue weighted by Crippen LogP contribution is 2.20. The van der Waals surface area contributed by atoms with Gasteiger partial charge >= 0.3 is 0 Å². The minimum atomic E-state index is -0.454. The van der Waals surface area contributed by atoms with Crippen LogP contribution in [-0.4, -0.2) is 24.0 Å². The zero-order chi connectivity index (χ0) is 17.5. The van der Waals surface area contributed by atoms with Gasteiger partial charge in [-0.2, -0.15) is 0 Å². The molecule has 3 rings (SSSR count). The highest BCUT2D eigenvalue weighted by atomic mass is 16.3. The molecule has 0 spiro atoms. The van der Waals surface area contributed by atoms with Gasteiger partial charge in [0.25, 0.3) is 0 Å². The van der Waals surface area contributed by atoms with Crippen LogP contribution in [0.25, 0.3) is 17.0 Å². The number of furan rings is 1. The van der Waals surface area contributed by atoms with Crippen molar-refractivity contribution in [2.24, 2.45) is 0 Å². The zero-order valence-corrected chi connectivity index (χ0v) is 13.9. The highest BCUT2D eigenvalue weighted by Gasteiger charge is 2.04. The molecular weight excluding hydrogens is 314 g/mol. The summed E-state index contributed by atoms with van der Waals surface area (Å²) in [5, 5.41) is 13.3. The van der Waals surface area contributed by atoms with E-state index in [1.54, 1.807) is 6.08 Å². The van der Waals surface area contributed by atoms with Crippen molar-refractivity contribution >= 4 is 22.8 Å². The van der Waals surface area contributed by atoms with Crippen LogP contribution in [0.2, 0.25) is 0 Å². The first kappa shape index (κ1) is 17.1. The molecule has 25 heavy (non-hydrogen) atoms. The Morgan fingerprint density at radius 1 is 1.12 bits per heavy atom. The molecule has 0 aliphatic heterocycles. The molecule has 1 aromatic heterocycles. The van der Waals surface area contributed by atoms with E-state index < -0.39 is 6.61 Å². The minimum Gasteiger partial charge on any atom is -0.464 e. The number of fused-ring (bicyclic) bond motifs is 1. The van der Waals surface area contributed by atoms with E-state index in [0.29, 0.717) is 0 Å². The first-order valence-electron chi connectivity index (χ1n) is 8.33. The number of carbonyl (C=O) groups excluding carboxylic acids is 1. The lowest BCUT2D eigenvalue weighted by atomic mass is 10.1. The van der Waals surface area contributed by atoms with Gasteiger partial charge in [-0.15, -0.1) is 0 Å². The number of aliphatic hydroxyl groups is 1. The largest absolute Gasteiger partial charge is 0.464 e. The molecule has 4 heteroatoms. The Kier molecular flexibility index (Phi) is 5.77. The summed E-state index contributed by atoms with van der Waals surface area (Å²) in [7, 11) is 0. The van der Waals surface area contributed by atoms with Crippen LogP contribution in [0.15, 0.2) is 65.3 Å². The van der Waals surface area contributed by atoms with Gasteiger partial charge in [0.1, 0.15) is 12.2 Å². The molecular formula is C21H21NO3. The molecule has 128 valence electrons. The van der Waals surface area contributed by atoms with Crippen LogP contribution in [0.1, 0.15) is 16.7 Å². The Bertz CT molecular complexity index is 862. The number of nitrogens with one attached hydrogen (secondary N) is 1. The molecule has 0 radical (unpaired) electrons. The summed E-state index contributed by atoms with van der Waals surface area (Å²) in [5.74, 6) is -0.294. The second kappa shape index (κ2) is 8.42. The Labute approximate surface area is 146 Å². The van der Waals surface area contributed by atoms with Crippen LogP contribution in [0.4, 0.5) is 0 Å². The van der Waals surface area contributed by atoms with Gasteiger partial charge in [0, 0.05) is 11.9 Å². The Morgan fingerprint density at radius 3 is 2.72 bits per heavy atom. The normalized spacial score (nSPS) is 11.4. The number of hydrogen-bond donors (Lipinski definition) is 2. The second-order valence-corrected chi connectivity index (χ2v) is 5.88. The molecule has 0 aliphatic carbocycles. The van der Waals surface area contributed by atoms with Crippen molar-refractivity contribution < 1.29 is 14.3 Å². The summed E-state index contributed by atoms with van der Waals surface area (Å²) >= 11 is 0. The number of rotatable bonds is 8. The molecule has 2 aromatic carbocycles. The summed E-state index contributed by atoms with van der Waals surface area (Å²) in [6, 6.07) is 16.1. The van der Waals surface area contributed by atoms with E-state index in [1.165, 1.54) is 22.6 Å². The van der Waals surface area contributed by atoms with E-state index in [4.69, 9.17) is 9.52 Å². The van der Waals surface area contributed by atoms with E-state index in [2.05, 4.69) is 11.4 Å². The van der Waals surface area contributed by atoms with E-state index in [0.717, 1.165) is 30.7 Å². The van der Waals surface area contributed by atoms with E-state index in [-0.39, 0.29) is 5.78 Å². The predicted octanol–water partition coefficient (Wildman–Crippen LogP) is 3.34. The molecule has 0 saturated carbocycles. The number of benzene rings is 2. The van der Waals surface area contributed by atoms with Gasteiger partial charge in [-0.3, -0.25) is 4.79 Å². The number of aliphatic hydroxyl groups excluding tert-OH is 1. The lowest BCUT2D eigenvalue weighted by Crippen LogP contribution is -2.16. The van der Waals surface area contributed by atoms with Gasteiger partial charge in [0.2, 0.25) is 0 Å². The summed E-state index contributed by atoms with van der Waals surface area (Å²) in [6.07, 6.45) is 5.85. The fraction of sp³-hybridized carbons (Fsp3) is 0.190. The van der Waals surface area contributed by atoms with Crippen LogP contribution in [0.5, 0.6) is 0 Å². The minimum absolute atomic E-state index is 0.294. The molecule has 1 heterocycles. The van der Waals surface area contributed by atoms with Crippen LogP contribution >= 0.6 is 0 Å². The molecule has 0 aliphatic rings. The quantitative estimate of drug-likeness (QED) is 0.489. The number of carbonyl (C=O) groups is 1. The van der Waals surface area contributed by atoms with Crippen LogP contribution in [0, 0.1) is 0 Å². The Balaban J connectivity index is 1.47. The molecule has 0 atom stereocenters. The number of ketones is 1. The van der Waals surface area contributed by atoms with E-state index in [9.17, 15) is 4.79 Å². The molecule has 0 amide bonds. The molecule has 4 nitrogen and oxygen atoms in total. The lowest BCUT2D eigenvalue weighted by Gasteiger charge is -2.05. The van der Waals surface area contributed by atoms with Crippen molar-refractivity contribution in [3.63, 3.8) is 0 Å². The van der Waals surface area contributed by atoms with Crippen LogP contribution in [-0.2, 0) is 17.8 Å². The van der Waals surface area contributed by atoms with E-state index in [1.807, 2.05) is 48.7 Å². The topological polar surface area (TPSA) is 62.5 Å². The van der Waals surface area contributed by atoms with Crippen LogP contribution in [0.3, 0.4) is 0 Å². The smallest absolute Gasteiger partial charge is 0.181 e. The fourth-order valence-corrected chi connectivity index (χ4v) is 2.67. The predicted molar refractivity (Wildman–Crippen MR) is 99.2 cm³/mol. The summed E-state index contributed by atoms with van der Waals surface area (Å²) < 4.78 is 5.55. The van der Waals surface area contributed by atoms with Crippen molar-refractivity contribution in [2.45, 2.75) is 13.0 Å². The van der Waals surface area contributed by atoms with Crippen molar-refractivity contribution in [1.29, 1.82) is 0 Å². The summed E-state index contributed by atoms with van der Waals surface area (Å²) in [5.41, 5.74) is 4.27. The van der Waals surface area contributed by atoms with Crippen molar-refractivity contribution in [1.82, 2.24) is 5.32 Å². The standard InChI is InChI=1S/C21H21NO3/c23-14-19(24)10-9-16-5-7-17(8-6-16)13-22-12-11-18-15-25-21-4-2-1-3-20(18)21/h1-10,15,22-23H,11-14H2/b10-9+. The van der Waals surface area contributed by atoms with Crippen molar-refractivity contribution in [3.05, 3.63) is 77.6 Å². The monoisotopic (exact) mass is 335 g/mol. The Morgan fingerprint density at radius 2 is 1.92 bits per heavy atom. The molecule has 3 aromatic rings. The molecule has 0 fully saturated rings. The average Bonchev–Trinajstić information content (AvgIpc) is 3.07. The SMILES string of the molecule is O=C(/C=C/c1ccc(CNCCc2coc3ccccc23)cc1)CO. The Hall–Kier alpha value is -2.69. The van der Waals surface area contributed by atoms with Gasteiger partial charge in [-0.05, 0) is 41.8 Å². The van der Waals surface area contributed by atoms with Crippen molar-refractivity contribution in [2.75, 3.05) is 13.2 Å². The first-order valence-corrected chi connectivity index (χ1v) is 8.33. The third kappa shape index (κ3) is 4.66. The first-order chi connectivity index (χ1) is 12.3. The van der Waals surface area contributed by atoms with Gasteiger partial charge < -0.3 is 14.8 Å². The highest BCUT2D eigenvalue weighted by molar-refractivity contribution is 5.94. The van der Waals surface area contributed by atoms with Gasteiger partial charge in [0.05, 0.1) is 6.26 Å². The zero-order valence-electron chi connectivity index (χ0n) is 13.9. The number of hydrogen-bond acceptors (Lipinski definition) is 4. The number of para-hydroxylation sites is 1. The van der Waals surface area contributed by atoms with Gasteiger partial charge in [0.15, 0.2) is 5.78 Å². The van der Waals surface area contributed by atoms with Gasteiger partial charge in [-0.25, -0.2) is 0 Å². The maximum absolute atomic E-state index is 11.1. The lowest BCUT2D eigenvalue weighted by molar-refractivity contribution is -0.117. The fourth-order valence-electron chi connectivity index (χ4n) is 2.67. The van der Waals surface area contributed by atoms with Crippen LogP contribution < -0.4 is 5.32 Å². The van der Waals surface area contributed by atoms with Crippen molar-refractivity contribution in [3.8, 4) is 0 Å². The molecule has 0 unspecified atom stereocenters. The van der Waals surface area contributed by atoms with E-state index >= 15 is 0 Å². The molecule has 0 bridgehead atoms. The third-order valence-corrected chi connectivity index (χ3v) is 4.06. The summed E-state index contributed by atoms with van der Waals surface area (Å²) in [6.45, 7) is 1.20. The maximum Gasteiger partial charge on any atom is 0.181 e. The molecule has 2 N–H and O–H groups in total. The molecule has 0 saturated heterocycles. The van der Waals surface area contributed by atoms with Gasteiger partial charge in [-0.1, -0.05) is 48.5 Å². The summed E-state index contributed by atoms with van der Waals surface area (Å²) in [4.78, 5) is 11.1. The third-order valence-electron chi connectivity index (χ3n) is 4.06. The maximum atomic E-state index is 11.1.